The lowest BCUT2D eigenvalue weighted by atomic mass is 9.92. The predicted octanol–water partition coefficient (Wildman–Crippen LogP) is 5.26. The van der Waals surface area contributed by atoms with Gasteiger partial charge in [0.25, 0.3) is 0 Å². The Morgan fingerprint density at radius 2 is 1.71 bits per heavy atom. The fourth-order valence-corrected chi connectivity index (χ4v) is 1.65. The Morgan fingerprint density at radius 1 is 1.12 bits per heavy atom. The maximum absolute atomic E-state index is 4.14. The maximum atomic E-state index is 4.14. The van der Waals surface area contributed by atoms with E-state index < -0.39 is 0 Å². The van der Waals surface area contributed by atoms with Crippen molar-refractivity contribution in [3.8, 4) is 0 Å². The zero-order valence-corrected chi connectivity index (χ0v) is 10.8. The summed E-state index contributed by atoms with van der Waals surface area (Å²) in [5.41, 5.74) is 5.40. The molecule has 0 N–H and O–H groups in total. The molecule has 0 spiro atoms. The van der Waals surface area contributed by atoms with Crippen molar-refractivity contribution < 1.29 is 0 Å². The quantitative estimate of drug-likeness (QED) is 0.473. The molecule has 0 atom stereocenters. The van der Waals surface area contributed by atoms with Crippen LogP contribution in [0.1, 0.15) is 31.4 Å². The molecule has 0 aliphatic heterocycles. The molecule has 0 aromatic heterocycles. The fourth-order valence-electron chi connectivity index (χ4n) is 1.65. The van der Waals surface area contributed by atoms with Crippen LogP contribution in [0.25, 0.3) is 11.1 Å². The molecule has 0 unspecified atom stereocenters. The average molecular weight is 224 g/mol. The first-order chi connectivity index (χ1) is 8.07. The van der Waals surface area contributed by atoms with Crippen molar-refractivity contribution in [1.29, 1.82) is 0 Å². The van der Waals surface area contributed by atoms with Crippen molar-refractivity contribution in [3.05, 3.63) is 72.9 Å². The highest BCUT2D eigenvalue weighted by Gasteiger charge is 2.07. The van der Waals surface area contributed by atoms with E-state index in [4.69, 9.17) is 0 Å². The molecule has 0 aliphatic rings. The van der Waals surface area contributed by atoms with Crippen molar-refractivity contribution in [1.82, 2.24) is 0 Å². The van der Waals surface area contributed by atoms with Crippen LogP contribution in [0.3, 0.4) is 0 Å². The largest absolute Gasteiger partial charge is 0.0955 e. The summed E-state index contributed by atoms with van der Waals surface area (Å²) in [6.45, 7) is 16.2. The average Bonchev–Trinajstić information content (AvgIpc) is 2.34. The van der Waals surface area contributed by atoms with Gasteiger partial charge in [0.05, 0.1) is 0 Å². The van der Waals surface area contributed by atoms with Crippen molar-refractivity contribution in [2.45, 2.75) is 20.3 Å². The molecule has 1 rings (SSSR count). The van der Waals surface area contributed by atoms with Crippen LogP contribution < -0.4 is 0 Å². The molecular formula is C17H20. The number of rotatable bonds is 5. The predicted molar refractivity (Wildman–Crippen MR) is 78.8 cm³/mol. The summed E-state index contributed by atoms with van der Waals surface area (Å²) in [7, 11) is 0. The van der Waals surface area contributed by atoms with E-state index in [0.717, 1.165) is 28.7 Å². The molecule has 0 fully saturated rings. The Balaban J connectivity index is 3.12. The number of allylic oxidation sites excluding steroid dienone is 5. The zero-order chi connectivity index (χ0) is 12.8. The van der Waals surface area contributed by atoms with Crippen LogP contribution in [0.5, 0.6) is 0 Å². The van der Waals surface area contributed by atoms with E-state index >= 15 is 0 Å². The summed E-state index contributed by atoms with van der Waals surface area (Å²) in [4.78, 5) is 0. The fraction of sp³-hybridized carbons (Fsp3) is 0.176. The standard InChI is InChI=1S/C17H20/c1-6-7-10-14(4)16-11-8-9-12-17(16)15(5)13(2)3/h6-9,11-12H,2,4-5,10H2,1,3H3/b7-6-. The van der Waals surface area contributed by atoms with Gasteiger partial charge in [0.15, 0.2) is 0 Å². The van der Waals surface area contributed by atoms with E-state index in [1.807, 2.05) is 32.1 Å². The number of benzene rings is 1. The van der Waals surface area contributed by atoms with Gasteiger partial charge in [0.1, 0.15) is 0 Å². The van der Waals surface area contributed by atoms with Crippen molar-refractivity contribution in [2.75, 3.05) is 0 Å². The molecule has 0 amide bonds. The lowest BCUT2D eigenvalue weighted by molar-refractivity contribution is 1.37. The minimum absolute atomic E-state index is 0.872. The third-order valence-corrected chi connectivity index (χ3v) is 2.75. The van der Waals surface area contributed by atoms with Crippen LogP contribution in [-0.2, 0) is 0 Å². The molecule has 0 heterocycles. The van der Waals surface area contributed by atoms with Crippen LogP contribution in [0.4, 0.5) is 0 Å². The van der Waals surface area contributed by atoms with Gasteiger partial charge in [0.2, 0.25) is 0 Å². The molecule has 0 bridgehead atoms. The van der Waals surface area contributed by atoms with Crippen LogP contribution in [0, 0.1) is 0 Å². The molecule has 17 heavy (non-hydrogen) atoms. The van der Waals surface area contributed by atoms with Gasteiger partial charge in [-0.2, -0.15) is 0 Å². The Kier molecular flexibility index (Phi) is 4.71. The first kappa shape index (κ1) is 13.2. The van der Waals surface area contributed by atoms with Crippen molar-refractivity contribution in [2.24, 2.45) is 0 Å². The van der Waals surface area contributed by atoms with E-state index in [1.165, 1.54) is 5.56 Å². The Morgan fingerprint density at radius 3 is 2.24 bits per heavy atom. The molecule has 0 heteroatoms. The van der Waals surface area contributed by atoms with Gasteiger partial charge in [-0.1, -0.05) is 61.7 Å². The van der Waals surface area contributed by atoms with Crippen molar-refractivity contribution >= 4 is 11.1 Å². The second kappa shape index (κ2) is 6.05. The van der Waals surface area contributed by atoms with Gasteiger partial charge in [-0.05, 0) is 42.5 Å². The van der Waals surface area contributed by atoms with Gasteiger partial charge >= 0.3 is 0 Å². The summed E-state index contributed by atoms with van der Waals surface area (Å²) < 4.78 is 0. The van der Waals surface area contributed by atoms with Crippen LogP contribution in [0.2, 0.25) is 0 Å². The molecule has 1 aromatic carbocycles. The topological polar surface area (TPSA) is 0 Å². The van der Waals surface area contributed by atoms with Gasteiger partial charge in [0, 0.05) is 0 Å². The Bertz CT molecular complexity index is 473. The molecule has 88 valence electrons. The number of hydrogen-bond donors (Lipinski definition) is 0. The first-order valence-electron chi connectivity index (χ1n) is 5.81. The zero-order valence-electron chi connectivity index (χ0n) is 10.8. The second-order valence-electron chi connectivity index (χ2n) is 4.18. The van der Waals surface area contributed by atoms with Crippen LogP contribution >= 0.6 is 0 Å². The van der Waals surface area contributed by atoms with E-state index in [1.54, 1.807) is 0 Å². The summed E-state index contributed by atoms with van der Waals surface area (Å²) in [6.07, 6.45) is 5.03. The summed E-state index contributed by atoms with van der Waals surface area (Å²) in [5.74, 6) is 0. The highest BCUT2D eigenvalue weighted by molar-refractivity contribution is 5.84. The number of hydrogen-bond acceptors (Lipinski definition) is 0. The molecule has 1 aromatic rings. The van der Waals surface area contributed by atoms with Gasteiger partial charge in [-0.3, -0.25) is 0 Å². The summed E-state index contributed by atoms with van der Waals surface area (Å²) >= 11 is 0. The molecule has 0 nitrogen and oxygen atoms in total. The maximum Gasteiger partial charge on any atom is -0.00973 e. The first-order valence-corrected chi connectivity index (χ1v) is 5.81. The van der Waals surface area contributed by atoms with E-state index in [0.29, 0.717) is 0 Å². The Labute approximate surface area is 105 Å². The summed E-state index contributed by atoms with van der Waals surface area (Å²) in [5, 5.41) is 0. The minimum Gasteiger partial charge on any atom is -0.0955 e. The third kappa shape index (κ3) is 3.32. The molecule has 0 radical (unpaired) electrons. The Hall–Kier alpha value is -1.82. The van der Waals surface area contributed by atoms with Crippen LogP contribution in [-0.4, -0.2) is 0 Å². The smallest absolute Gasteiger partial charge is 0.00973 e. The van der Waals surface area contributed by atoms with Gasteiger partial charge in [-0.25, -0.2) is 0 Å². The van der Waals surface area contributed by atoms with E-state index in [-0.39, 0.29) is 0 Å². The summed E-state index contributed by atoms with van der Waals surface area (Å²) in [6, 6.07) is 8.23. The lowest BCUT2D eigenvalue weighted by Gasteiger charge is -2.13. The van der Waals surface area contributed by atoms with Gasteiger partial charge < -0.3 is 0 Å². The second-order valence-corrected chi connectivity index (χ2v) is 4.18. The highest BCUT2D eigenvalue weighted by Crippen LogP contribution is 2.28. The molecule has 0 saturated carbocycles. The highest BCUT2D eigenvalue weighted by atomic mass is 14.1. The monoisotopic (exact) mass is 224 g/mol. The van der Waals surface area contributed by atoms with E-state index in [2.05, 4.69) is 37.9 Å². The molecule has 0 aliphatic carbocycles. The van der Waals surface area contributed by atoms with Gasteiger partial charge in [-0.15, -0.1) is 0 Å². The lowest BCUT2D eigenvalue weighted by Crippen LogP contribution is -1.92. The van der Waals surface area contributed by atoms with Crippen molar-refractivity contribution in [3.63, 3.8) is 0 Å². The minimum atomic E-state index is 0.872. The SMILES string of the molecule is C=C(C)C(=C)c1ccccc1C(=C)C/C=C\C. The third-order valence-electron chi connectivity index (χ3n) is 2.75. The molecule has 0 saturated heterocycles. The van der Waals surface area contributed by atoms with Crippen LogP contribution in [0.15, 0.2) is 61.7 Å². The normalized spacial score (nSPS) is 10.5. The van der Waals surface area contributed by atoms with E-state index in [9.17, 15) is 0 Å². The molecular weight excluding hydrogens is 204 g/mol.